The third-order valence-electron chi connectivity index (χ3n) is 10.3. The molecule has 8 rings (SSSR count). The van der Waals surface area contributed by atoms with E-state index in [2.05, 4.69) is 15.2 Å². The first-order valence-electron chi connectivity index (χ1n) is 15.7. The van der Waals surface area contributed by atoms with Gasteiger partial charge in [-0.25, -0.2) is 13.2 Å². The Kier molecular flexibility index (Phi) is 7.48. The lowest BCUT2D eigenvalue weighted by atomic mass is 9.95. The average Bonchev–Trinajstić information content (AvgIpc) is 3.75. The number of fused-ring (bicyclic) bond motifs is 5. The number of nitrogens with two attached hydrogens (primary N) is 1. The number of hydrogen-bond acceptors (Lipinski definition) is 9. The number of thiophene rings is 1. The third kappa shape index (κ3) is 4.97. The number of nitrogens with one attached hydrogen (secondary N) is 1. The van der Waals surface area contributed by atoms with Crippen LogP contribution in [0.1, 0.15) is 37.7 Å². The number of halogens is 6. The molecule has 0 radical (unpaired) electrons. The first-order chi connectivity index (χ1) is 23.0. The molecule has 48 heavy (non-hydrogen) atoms. The van der Waals surface area contributed by atoms with Crippen LogP contribution in [-0.4, -0.2) is 70.9 Å². The molecule has 2 bridgehead atoms. The minimum atomic E-state index is -1.81. The summed E-state index contributed by atoms with van der Waals surface area (Å²) in [4.78, 5) is 13.1. The van der Waals surface area contributed by atoms with Crippen molar-refractivity contribution in [2.45, 2.75) is 55.4 Å². The second-order valence-electron chi connectivity index (χ2n) is 13.2. The maximum Gasteiger partial charge on any atom is 0.319 e. The van der Waals surface area contributed by atoms with Crippen LogP contribution < -0.4 is 20.7 Å². The van der Waals surface area contributed by atoms with Crippen molar-refractivity contribution in [1.29, 1.82) is 5.26 Å². The van der Waals surface area contributed by atoms with Crippen molar-refractivity contribution in [1.82, 2.24) is 20.2 Å². The number of nitriles is 1. The molecule has 3 N–H and O–H groups in total. The van der Waals surface area contributed by atoms with Crippen LogP contribution in [-0.2, 0) is 0 Å². The number of aromatic nitrogens is 2. The van der Waals surface area contributed by atoms with Gasteiger partial charge in [0.05, 0.1) is 26.4 Å². The van der Waals surface area contributed by atoms with Gasteiger partial charge in [-0.05, 0) is 49.9 Å². The summed E-state index contributed by atoms with van der Waals surface area (Å²) in [7, 11) is 0. The predicted octanol–water partition coefficient (Wildman–Crippen LogP) is 6.94. The van der Waals surface area contributed by atoms with Gasteiger partial charge < -0.3 is 20.7 Å². The normalized spacial score (nSPS) is 26.7. The van der Waals surface area contributed by atoms with Crippen molar-refractivity contribution in [2.75, 3.05) is 43.4 Å². The first kappa shape index (κ1) is 31.5. The van der Waals surface area contributed by atoms with Crippen molar-refractivity contribution in [3.8, 4) is 23.2 Å². The zero-order valence-electron chi connectivity index (χ0n) is 25.4. The van der Waals surface area contributed by atoms with Crippen molar-refractivity contribution >= 4 is 54.7 Å². The van der Waals surface area contributed by atoms with Crippen molar-refractivity contribution < 1.29 is 26.7 Å². The van der Waals surface area contributed by atoms with E-state index in [-0.39, 0.29) is 78.7 Å². The molecular weight excluding hydrogens is 673 g/mol. The van der Waals surface area contributed by atoms with Crippen LogP contribution in [0.3, 0.4) is 0 Å². The van der Waals surface area contributed by atoms with Crippen LogP contribution in [0, 0.1) is 23.0 Å². The highest BCUT2D eigenvalue weighted by molar-refractivity contribution is 7.23. The lowest BCUT2D eigenvalue weighted by molar-refractivity contribution is 0.107. The number of hydrogen-bond donors (Lipinski definition) is 2. The molecule has 0 saturated carbocycles. The summed E-state index contributed by atoms with van der Waals surface area (Å²) in [6.45, 7) is 1.67. The smallest absolute Gasteiger partial charge is 0.319 e. The summed E-state index contributed by atoms with van der Waals surface area (Å²) in [5.74, 6) is -1.22. The zero-order chi connectivity index (χ0) is 33.5. The largest absolute Gasteiger partial charge is 0.461 e. The van der Waals surface area contributed by atoms with Crippen LogP contribution >= 0.6 is 22.9 Å². The molecule has 0 unspecified atom stereocenters. The minimum absolute atomic E-state index is 0.00491. The van der Waals surface area contributed by atoms with E-state index >= 15 is 4.39 Å². The minimum Gasteiger partial charge on any atom is -0.461 e. The van der Waals surface area contributed by atoms with E-state index in [1.807, 2.05) is 11.0 Å². The summed E-state index contributed by atoms with van der Waals surface area (Å²) in [6.07, 6.45) is 1.19. The van der Waals surface area contributed by atoms with Crippen LogP contribution in [0.2, 0.25) is 5.02 Å². The second-order valence-corrected chi connectivity index (χ2v) is 14.7. The maximum absolute atomic E-state index is 17.0. The molecule has 250 valence electrons. The van der Waals surface area contributed by atoms with Gasteiger partial charge in [0.2, 0.25) is 0 Å². The van der Waals surface area contributed by atoms with E-state index in [1.54, 1.807) is 0 Å². The molecule has 0 spiro atoms. The van der Waals surface area contributed by atoms with Gasteiger partial charge in [0, 0.05) is 54.5 Å². The fourth-order valence-electron chi connectivity index (χ4n) is 8.31. The molecule has 4 aliphatic rings. The van der Waals surface area contributed by atoms with E-state index in [1.165, 1.54) is 12.1 Å². The molecular formula is C33H29ClF5N7OS. The quantitative estimate of drug-likeness (QED) is 0.209. The molecule has 4 aromatic rings. The number of ether oxygens (including phenoxy) is 1. The number of alkyl halides is 1. The number of nitrogen functional groups attached to an aromatic ring is 1. The highest BCUT2D eigenvalue weighted by Crippen LogP contribution is 2.47. The van der Waals surface area contributed by atoms with Gasteiger partial charge in [-0.2, -0.15) is 24.0 Å². The van der Waals surface area contributed by atoms with Crippen molar-refractivity contribution in [2.24, 2.45) is 0 Å². The van der Waals surface area contributed by atoms with Gasteiger partial charge >= 0.3 is 6.01 Å². The number of nitrogens with zero attached hydrogens (tertiary/aromatic N) is 5. The van der Waals surface area contributed by atoms with Gasteiger partial charge in [0.15, 0.2) is 5.82 Å². The van der Waals surface area contributed by atoms with Crippen LogP contribution in [0.5, 0.6) is 6.01 Å². The Balaban J connectivity index is 1.30. The van der Waals surface area contributed by atoms with Crippen molar-refractivity contribution in [3.63, 3.8) is 0 Å². The second kappa shape index (κ2) is 11.4. The Morgan fingerprint density at radius 3 is 2.88 bits per heavy atom. The van der Waals surface area contributed by atoms with Gasteiger partial charge in [0.25, 0.3) is 6.08 Å². The van der Waals surface area contributed by atoms with E-state index < -0.39 is 35.0 Å². The molecule has 0 aliphatic carbocycles. The number of piperazine rings is 1. The summed E-state index contributed by atoms with van der Waals surface area (Å²) >= 11 is 7.69. The number of benzene rings is 2. The zero-order valence-corrected chi connectivity index (χ0v) is 27.0. The fourth-order valence-corrected chi connectivity index (χ4v) is 9.56. The van der Waals surface area contributed by atoms with Crippen molar-refractivity contribution in [3.05, 3.63) is 52.6 Å². The molecule has 2 aromatic carbocycles. The summed E-state index contributed by atoms with van der Waals surface area (Å²) in [5, 5.41) is 13.5. The Bertz CT molecular complexity index is 2070. The average molecular weight is 702 g/mol. The van der Waals surface area contributed by atoms with Gasteiger partial charge in [-0.15, -0.1) is 11.3 Å². The monoisotopic (exact) mass is 701 g/mol. The predicted molar refractivity (Wildman–Crippen MR) is 174 cm³/mol. The lowest BCUT2D eigenvalue weighted by Gasteiger charge is -2.40. The first-order valence-corrected chi connectivity index (χ1v) is 16.9. The van der Waals surface area contributed by atoms with E-state index in [0.717, 1.165) is 42.9 Å². The molecule has 15 heteroatoms. The Morgan fingerprint density at radius 1 is 1.25 bits per heavy atom. The van der Waals surface area contributed by atoms with E-state index in [9.17, 15) is 22.8 Å². The van der Waals surface area contributed by atoms with E-state index in [4.69, 9.17) is 27.1 Å². The summed E-state index contributed by atoms with van der Waals surface area (Å²) in [5.41, 5.74) is 4.39. The Labute approximate surface area is 280 Å². The third-order valence-corrected chi connectivity index (χ3v) is 11.6. The summed E-state index contributed by atoms with van der Waals surface area (Å²) < 4.78 is 79.9. The molecule has 8 nitrogen and oxygen atoms in total. The standard InChI is InChI=1S/C33H29ClF5N7OS/c34-21-8-19-27(26(39)25(21)18-2-3-22(36)28-24(18)20(11-40)29(41)48-28)42-31(47-15-33-5-1-7-46(33)12-16(35)9-33)43-30(19)45-13-17-4-6-32(14-45,44-17)10-23(37)38/h2-3,8,10,16-17,44H,1,4-7,9,12-15,41H2/t16-,17+,32+,33+/m1/s1. The van der Waals surface area contributed by atoms with Gasteiger partial charge in [0.1, 0.15) is 41.0 Å². The lowest BCUT2D eigenvalue weighted by Crippen LogP contribution is -2.59. The fraction of sp³-hybridized carbons (Fsp3) is 0.424. The highest BCUT2D eigenvalue weighted by atomic mass is 35.5. The highest BCUT2D eigenvalue weighted by Gasteiger charge is 2.50. The molecule has 4 aliphatic heterocycles. The SMILES string of the molecule is N#Cc1c(N)sc2c(F)ccc(-c3c(Cl)cc4c(N5C[C@@H]6CC[C@](C=C(F)F)(C5)N6)nc(OC[C@@]56CCCN5C[C@H](F)C6)nc4c3F)c12. The van der Waals surface area contributed by atoms with Crippen LogP contribution in [0.4, 0.5) is 32.8 Å². The molecule has 0 amide bonds. The van der Waals surface area contributed by atoms with Crippen LogP contribution in [0.25, 0.3) is 32.1 Å². The van der Waals surface area contributed by atoms with E-state index in [0.29, 0.717) is 32.4 Å². The topological polar surface area (TPSA) is 103 Å². The van der Waals surface area contributed by atoms with Crippen LogP contribution in [0.15, 0.2) is 30.4 Å². The molecule has 2 aromatic heterocycles. The molecule has 4 saturated heterocycles. The summed E-state index contributed by atoms with van der Waals surface area (Å²) in [6, 6.07) is 5.72. The molecule has 4 atom stereocenters. The molecule has 4 fully saturated rings. The van der Waals surface area contributed by atoms with Gasteiger partial charge in [-0.3, -0.25) is 4.90 Å². The number of anilines is 2. The Morgan fingerprint density at radius 2 is 2.08 bits per heavy atom. The number of rotatable bonds is 6. The van der Waals surface area contributed by atoms with Gasteiger partial charge in [-0.1, -0.05) is 17.7 Å². The Hall–Kier alpha value is -3.77. The maximum atomic E-state index is 17.0. The molecule has 6 heterocycles.